The van der Waals surface area contributed by atoms with E-state index in [4.69, 9.17) is 5.73 Å². The molecule has 0 fully saturated rings. The summed E-state index contributed by atoms with van der Waals surface area (Å²) in [5, 5.41) is 13.6. The molecule has 1 rings (SSSR count). The highest BCUT2D eigenvalue weighted by atomic mass is 16.6. The summed E-state index contributed by atoms with van der Waals surface area (Å²) in [6, 6.07) is 1.37. The number of hydrogen-bond donors (Lipinski definition) is 2. The molecule has 0 spiro atoms. The molecule has 1 aromatic rings. The van der Waals surface area contributed by atoms with Gasteiger partial charge in [-0.2, -0.15) is 0 Å². The number of aryl methyl sites for hydroxylation is 1. The summed E-state index contributed by atoms with van der Waals surface area (Å²) in [7, 11) is 0. The van der Waals surface area contributed by atoms with Gasteiger partial charge in [-0.05, 0) is 13.3 Å². The SMILES string of the molecule is Cc1cnc(NCCCC(N)=O)cc1[N+](=O)[O-]. The molecular formula is C10H14N4O3. The fourth-order valence-electron chi connectivity index (χ4n) is 1.29. The summed E-state index contributed by atoms with van der Waals surface area (Å²) >= 11 is 0. The summed E-state index contributed by atoms with van der Waals surface area (Å²) < 4.78 is 0. The first-order chi connectivity index (χ1) is 8.00. The Hall–Kier alpha value is -2.18. The lowest BCUT2D eigenvalue weighted by atomic mass is 10.2. The minimum absolute atomic E-state index is 0.0254. The molecule has 0 aliphatic rings. The molecule has 0 aliphatic heterocycles. The number of nitrogens with zero attached hydrogens (tertiary/aromatic N) is 2. The van der Waals surface area contributed by atoms with Gasteiger partial charge in [0.15, 0.2) is 0 Å². The second-order valence-corrected chi connectivity index (χ2v) is 3.61. The zero-order valence-electron chi connectivity index (χ0n) is 9.47. The Morgan fingerprint density at radius 1 is 1.65 bits per heavy atom. The Labute approximate surface area is 98.2 Å². The number of carbonyl (C=O) groups excluding carboxylic acids is 1. The molecule has 7 heteroatoms. The van der Waals surface area contributed by atoms with Crippen LogP contribution in [0.3, 0.4) is 0 Å². The van der Waals surface area contributed by atoms with Crippen molar-refractivity contribution in [2.75, 3.05) is 11.9 Å². The Kier molecular flexibility index (Phi) is 4.38. The lowest BCUT2D eigenvalue weighted by molar-refractivity contribution is -0.385. The summed E-state index contributed by atoms with van der Waals surface area (Å²) in [4.78, 5) is 24.7. The average Bonchev–Trinajstić information content (AvgIpc) is 2.25. The van der Waals surface area contributed by atoms with Gasteiger partial charge in [0, 0.05) is 24.7 Å². The number of hydrogen-bond acceptors (Lipinski definition) is 5. The van der Waals surface area contributed by atoms with Crippen molar-refractivity contribution in [3.8, 4) is 0 Å². The van der Waals surface area contributed by atoms with Gasteiger partial charge in [0.25, 0.3) is 5.69 Å². The molecule has 0 bridgehead atoms. The highest BCUT2D eigenvalue weighted by Gasteiger charge is 2.11. The lowest BCUT2D eigenvalue weighted by Gasteiger charge is -2.05. The van der Waals surface area contributed by atoms with Crippen molar-refractivity contribution in [2.24, 2.45) is 5.73 Å². The molecule has 3 N–H and O–H groups in total. The predicted molar refractivity (Wildman–Crippen MR) is 62.5 cm³/mol. The second-order valence-electron chi connectivity index (χ2n) is 3.61. The zero-order chi connectivity index (χ0) is 12.8. The molecule has 92 valence electrons. The molecule has 0 atom stereocenters. The van der Waals surface area contributed by atoms with Gasteiger partial charge in [0.2, 0.25) is 5.91 Å². The first-order valence-electron chi connectivity index (χ1n) is 5.14. The smallest absolute Gasteiger partial charge is 0.277 e. The minimum atomic E-state index is -0.453. The molecule has 0 unspecified atom stereocenters. The normalized spacial score (nSPS) is 9.94. The van der Waals surface area contributed by atoms with Crippen LogP contribution in [-0.2, 0) is 4.79 Å². The lowest BCUT2D eigenvalue weighted by Crippen LogP contribution is -2.13. The molecule has 0 radical (unpaired) electrons. The third-order valence-corrected chi connectivity index (χ3v) is 2.18. The topological polar surface area (TPSA) is 111 Å². The molecular weight excluding hydrogens is 224 g/mol. The van der Waals surface area contributed by atoms with Crippen molar-refractivity contribution in [2.45, 2.75) is 19.8 Å². The van der Waals surface area contributed by atoms with Crippen molar-refractivity contribution in [1.29, 1.82) is 0 Å². The average molecular weight is 238 g/mol. The third-order valence-electron chi connectivity index (χ3n) is 2.18. The Morgan fingerprint density at radius 2 is 2.35 bits per heavy atom. The number of rotatable bonds is 6. The summed E-state index contributed by atoms with van der Waals surface area (Å²) in [5.41, 5.74) is 5.52. The van der Waals surface area contributed by atoms with E-state index in [1.165, 1.54) is 12.3 Å². The summed E-state index contributed by atoms with van der Waals surface area (Å²) in [6.45, 7) is 2.12. The fourth-order valence-corrected chi connectivity index (χ4v) is 1.29. The summed E-state index contributed by atoms with van der Waals surface area (Å²) in [6.07, 6.45) is 2.29. The van der Waals surface area contributed by atoms with Crippen LogP contribution in [0.15, 0.2) is 12.3 Å². The van der Waals surface area contributed by atoms with Crippen LogP contribution in [0.2, 0.25) is 0 Å². The van der Waals surface area contributed by atoms with Gasteiger partial charge in [0.1, 0.15) is 5.82 Å². The zero-order valence-corrected chi connectivity index (χ0v) is 9.47. The van der Waals surface area contributed by atoms with Crippen LogP contribution in [0, 0.1) is 17.0 Å². The fraction of sp³-hybridized carbons (Fsp3) is 0.400. The number of amides is 1. The van der Waals surface area contributed by atoms with Crippen LogP contribution >= 0.6 is 0 Å². The van der Waals surface area contributed by atoms with E-state index < -0.39 is 4.92 Å². The van der Waals surface area contributed by atoms with Crippen LogP contribution in [0.4, 0.5) is 11.5 Å². The first kappa shape index (κ1) is 12.9. The van der Waals surface area contributed by atoms with Crippen LogP contribution in [-0.4, -0.2) is 22.4 Å². The third kappa shape index (κ3) is 4.06. The van der Waals surface area contributed by atoms with Gasteiger partial charge in [-0.15, -0.1) is 0 Å². The minimum Gasteiger partial charge on any atom is -0.370 e. The highest BCUT2D eigenvalue weighted by molar-refractivity contribution is 5.73. The van der Waals surface area contributed by atoms with Gasteiger partial charge in [0.05, 0.1) is 11.0 Å². The number of nitrogens with two attached hydrogens (primary N) is 1. The molecule has 0 saturated carbocycles. The van der Waals surface area contributed by atoms with E-state index in [1.807, 2.05) is 0 Å². The number of pyridine rings is 1. The maximum atomic E-state index is 10.7. The van der Waals surface area contributed by atoms with Crippen LogP contribution in [0.1, 0.15) is 18.4 Å². The number of anilines is 1. The monoisotopic (exact) mass is 238 g/mol. The first-order valence-corrected chi connectivity index (χ1v) is 5.14. The summed E-state index contributed by atoms with van der Waals surface area (Å²) in [5.74, 6) is 0.0569. The van der Waals surface area contributed by atoms with Crippen molar-refractivity contribution in [3.63, 3.8) is 0 Å². The van der Waals surface area contributed by atoms with Gasteiger partial charge < -0.3 is 11.1 Å². The van der Waals surface area contributed by atoms with Gasteiger partial charge >= 0.3 is 0 Å². The van der Waals surface area contributed by atoms with E-state index in [0.29, 0.717) is 24.3 Å². The largest absolute Gasteiger partial charge is 0.370 e. The van der Waals surface area contributed by atoms with Gasteiger partial charge in [-0.3, -0.25) is 14.9 Å². The molecule has 1 aromatic heterocycles. The molecule has 0 aromatic carbocycles. The molecule has 17 heavy (non-hydrogen) atoms. The van der Waals surface area contributed by atoms with Crippen molar-refractivity contribution in [3.05, 3.63) is 27.9 Å². The van der Waals surface area contributed by atoms with E-state index in [0.717, 1.165) is 0 Å². The van der Waals surface area contributed by atoms with Crippen LogP contribution in [0.5, 0.6) is 0 Å². The molecule has 0 aliphatic carbocycles. The van der Waals surface area contributed by atoms with Crippen LogP contribution < -0.4 is 11.1 Å². The molecule has 0 saturated heterocycles. The van der Waals surface area contributed by atoms with Crippen molar-refractivity contribution < 1.29 is 9.72 Å². The molecule has 7 nitrogen and oxygen atoms in total. The Morgan fingerprint density at radius 3 is 2.94 bits per heavy atom. The number of aromatic nitrogens is 1. The predicted octanol–water partition coefficient (Wildman–Crippen LogP) is 0.976. The van der Waals surface area contributed by atoms with Gasteiger partial charge in [-0.25, -0.2) is 4.98 Å². The second kappa shape index (κ2) is 5.78. The quantitative estimate of drug-likeness (QED) is 0.436. The maximum Gasteiger partial charge on any atom is 0.277 e. The number of carbonyl (C=O) groups is 1. The Balaban J connectivity index is 2.57. The highest BCUT2D eigenvalue weighted by Crippen LogP contribution is 2.19. The van der Waals surface area contributed by atoms with E-state index in [2.05, 4.69) is 10.3 Å². The van der Waals surface area contributed by atoms with E-state index in [9.17, 15) is 14.9 Å². The number of nitrogens with one attached hydrogen (secondary N) is 1. The maximum absolute atomic E-state index is 10.7. The standard InChI is InChI=1S/C10H14N4O3/c1-7-6-13-10(5-8(7)14(16)17)12-4-2-3-9(11)15/h5-6H,2-4H2,1H3,(H2,11,15)(H,12,13). The van der Waals surface area contributed by atoms with Crippen molar-refractivity contribution in [1.82, 2.24) is 4.98 Å². The van der Waals surface area contributed by atoms with E-state index in [-0.39, 0.29) is 18.0 Å². The number of nitro groups is 1. The van der Waals surface area contributed by atoms with Crippen molar-refractivity contribution >= 4 is 17.4 Å². The van der Waals surface area contributed by atoms with E-state index >= 15 is 0 Å². The molecule has 1 heterocycles. The van der Waals surface area contributed by atoms with Crippen LogP contribution in [0.25, 0.3) is 0 Å². The number of primary amides is 1. The molecule has 1 amide bonds. The van der Waals surface area contributed by atoms with E-state index in [1.54, 1.807) is 6.92 Å². The Bertz CT molecular complexity index is 434. The van der Waals surface area contributed by atoms with Gasteiger partial charge in [-0.1, -0.05) is 0 Å².